The maximum absolute atomic E-state index is 13.2. The Labute approximate surface area is 207 Å². The molecule has 5 rings (SSSR count). The lowest BCUT2D eigenvalue weighted by Gasteiger charge is -2.50. The zero-order valence-electron chi connectivity index (χ0n) is 20.1. The number of methoxy groups -OCH3 is 1. The molecule has 180 valence electrons. The number of benzene rings is 2. The molecule has 0 heterocycles. The first kappa shape index (κ1) is 23.4. The second kappa shape index (κ2) is 9.37. The number of hydrogen-bond acceptors (Lipinski definition) is 3. The highest BCUT2D eigenvalue weighted by atomic mass is 35.5. The molecule has 1 N–H and O–H groups in total. The van der Waals surface area contributed by atoms with Crippen molar-refractivity contribution in [2.75, 3.05) is 7.11 Å². The van der Waals surface area contributed by atoms with Gasteiger partial charge >= 0.3 is 0 Å². The number of ketones is 1. The number of carbonyl (C=O) groups excluding carboxylic acids is 2. The monoisotopic (exact) mass is 479 g/mol. The highest BCUT2D eigenvalue weighted by Crippen LogP contribution is 2.62. The van der Waals surface area contributed by atoms with E-state index in [9.17, 15) is 9.59 Å². The molecule has 0 aliphatic heterocycles. The number of Topliss-reactive ketones (excluding diaryl/α,β-unsaturated/α-hetero) is 1. The Bertz CT molecular complexity index is 1080. The van der Waals surface area contributed by atoms with E-state index in [1.807, 2.05) is 24.3 Å². The Kier molecular flexibility index (Phi) is 6.45. The molecule has 5 unspecified atom stereocenters. The van der Waals surface area contributed by atoms with E-state index in [0.29, 0.717) is 53.9 Å². The number of nitrogens with one attached hydrogen (secondary N) is 1. The minimum absolute atomic E-state index is 0.0597. The predicted octanol–water partition coefficient (Wildman–Crippen LogP) is 6.10. The zero-order valence-corrected chi connectivity index (χ0v) is 20.9. The van der Waals surface area contributed by atoms with Crippen molar-refractivity contribution in [1.82, 2.24) is 5.32 Å². The third-order valence-electron chi connectivity index (χ3n) is 8.92. The van der Waals surface area contributed by atoms with Crippen LogP contribution in [0.4, 0.5) is 0 Å². The van der Waals surface area contributed by atoms with Gasteiger partial charge in [-0.15, -0.1) is 0 Å². The molecular weight excluding hydrogens is 446 g/mol. The van der Waals surface area contributed by atoms with Gasteiger partial charge in [-0.1, -0.05) is 36.7 Å². The lowest BCUT2D eigenvalue weighted by Crippen LogP contribution is -2.44. The van der Waals surface area contributed by atoms with E-state index in [2.05, 4.69) is 30.4 Å². The number of rotatable bonds is 6. The van der Waals surface area contributed by atoms with E-state index in [4.69, 9.17) is 16.3 Å². The summed E-state index contributed by atoms with van der Waals surface area (Å²) in [5.41, 5.74) is 3.67. The van der Waals surface area contributed by atoms with Gasteiger partial charge in [0.15, 0.2) is 0 Å². The van der Waals surface area contributed by atoms with E-state index >= 15 is 0 Å². The maximum Gasteiger partial charge on any atom is 0.220 e. The molecule has 2 aromatic carbocycles. The van der Waals surface area contributed by atoms with Gasteiger partial charge in [0, 0.05) is 29.8 Å². The normalized spacial score (nSPS) is 29.7. The van der Waals surface area contributed by atoms with Crippen LogP contribution in [0.25, 0.3) is 0 Å². The first-order chi connectivity index (χ1) is 16.4. The fourth-order valence-electron chi connectivity index (χ4n) is 7.22. The predicted molar refractivity (Wildman–Crippen MR) is 134 cm³/mol. The zero-order chi connectivity index (χ0) is 23.9. The smallest absolute Gasteiger partial charge is 0.220 e. The molecule has 3 aliphatic rings. The van der Waals surface area contributed by atoms with E-state index in [1.54, 1.807) is 7.11 Å². The summed E-state index contributed by atoms with van der Waals surface area (Å²) >= 11 is 5.95. The third-order valence-corrected chi connectivity index (χ3v) is 9.17. The van der Waals surface area contributed by atoms with Gasteiger partial charge in [0.25, 0.3) is 0 Å². The molecule has 0 spiro atoms. The molecule has 0 saturated heterocycles. The number of fused-ring (bicyclic) bond motifs is 5. The Morgan fingerprint density at radius 3 is 2.74 bits per heavy atom. The summed E-state index contributed by atoms with van der Waals surface area (Å²) in [6.45, 7) is 2.71. The van der Waals surface area contributed by atoms with Crippen LogP contribution in [-0.2, 0) is 22.6 Å². The van der Waals surface area contributed by atoms with E-state index in [-0.39, 0.29) is 11.3 Å². The van der Waals surface area contributed by atoms with Crippen LogP contribution >= 0.6 is 11.6 Å². The molecule has 1 amide bonds. The van der Waals surface area contributed by atoms with Gasteiger partial charge in [0.1, 0.15) is 11.5 Å². The molecule has 4 nitrogen and oxygen atoms in total. The fraction of sp³-hybridized carbons (Fsp3) is 0.517. The average Bonchev–Trinajstić information content (AvgIpc) is 3.11. The first-order valence-electron chi connectivity index (χ1n) is 12.6. The Morgan fingerprint density at radius 2 is 1.97 bits per heavy atom. The summed E-state index contributed by atoms with van der Waals surface area (Å²) < 4.78 is 5.45. The van der Waals surface area contributed by atoms with Gasteiger partial charge in [-0.3, -0.25) is 9.59 Å². The number of hydrogen-bond donors (Lipinski definition) is 1. The first-order valence-corrected chi connectivity index (χ1v) is 13.0. The Hall–Kier alpha value is -2.33. The van der Waals surface area contributed by atoms with Crippen molar-refractivity contribution in [3.63, 3.8) is 0 Å². The summed E-state index contributed by atoms with van der Waals surface area (Å²) in [6, 6.07) is 14.1. The summed E-state index contributed by atoms with van der Waals surface area (Å²) in [7, 11) is 1.72. The van der Waals surface area contributed by atoms with Crippen LogP contribution < -0.4 is 10.1 Å². The van der Waals surface area contributed by atoms with Crippen LogP contribution in [0.15, 0.2) is 42.5 Å². The quantitative estimate of drug-likeness (QED) is 0.544. The maximum atomic E-state index is 13.2. The van der Waals surface area contributed by atoms with E-state index < -0.39 is 0 Å². The summed E-state index contributed by atoms with van der Waals surface area (Å²) in [5, 5.41) is 3.73. The van der Waals surface area contributed by atoms with E-state index in [1.165, 1.54) is 11.1 Å². The van der Waals surface area contributed by atoms with E-state index in [0.717, 1.165) is 43.4 Å². The number of amides is 1. The van der Waals surface area contributed by atoms with Crippen LogP contribution in [0.2, 0.25) is 5.02 Å². The highest BCUT2D eigenvalue weighted by molar-refractivity contribution is 6.30. The van der Waals surface area contributed by atoms with Gasteiger partial charge in [-0.2, -0.15) is 0 Å². The van der Waals surface area contributed by atoms with Crippen LogP contribution in [-0.4, -0.2) is 18.8 Å². The van der Waals surface area contributed by atoms with Crippen molar-refractivity contribution >= 4 is 23.3 Å². The van der Waals surface area contributed by atoms with Crippen LogP contribution in [0.1, 0.15) is 68.1 Å². The topological polar surface area (TPSA) is 55.4 Å². The van der Waals surface area contributed by atoms with Crippen LogP contribution in [0, 0.1) is 23.2 Å². The van der Waals surface area contributed by atoms with Crippen molar-refractivity contribution in [1.29, 1.82) is 0 Å². The van der Waals surface area contributed by atoms with Crippen molar-refractivity contribution in [2.24, 2.45) is 23.2 Å². The lowest BCUT2D eigenvalue weighted by molar-refractivity contribution is -0.129. The Morgan fingerprint density at radius 1 is 1.18 bits per heavy atom. The summed E-state index contributed by atoms with van der Waals surface area (Å²) in [6.07, 6.45) is 6.10. The molecule has 0 radical (unpaired) electrons. The SMILES string of the molecule is COc1ccc2c(c1)CCC1C2CCC2(C)C(=O)CC(CCC(=O)NCc3ccc(Cl)cc3)C12. The molecule has 2 fully saturated rings. The molecule has 0 aromatic heterocycles. The van der Waals surface area contributed by atoms with Gasteiger partial charge < -0.3 is 10.1 Å². The lowest BCUT2D eigenvalue weighted by atomic mass is 9.54. The van der Waals surface area contributed by atoms with Crippen molar-refractivity contribution in [3.8, 4) is 5.75 Å². The number of ether oxygens (including phenoxy) is 1. The number of halogens is 1. The molecular formula is C29H34ClNO3. The minimum Gasteiger partial charge on any atom is -0.497 e. The summed E-state index contributed by atoms with van der Waals surface area (Å²) in [5.74, 6) is 3.11. The molecule has 2 aromatic rings. The molecule has 5 heteroatoms. The molecule has 3 aliphatic carbocycles. The summed E-state index contributed by atoms with van der Waals surface area (Å²) in [4.78, 5) is 25.8. The van der Waals surface area contributed by atoms with Crippen molar-refractivity contribution in [2.45, 2.75) is 64.3 Å². The second-order valence-electron chi connectivity index (χ2n) is 10.7. The van der Waals surface area contributed by atoms with Crippen LogP contribution in [0.5, 0.6) is 5.75 Å². The van der Waals surface area contributed by atoms with Gasteiger partial charge in [-0.25, -0.2) is 0 Å². The molecule has 2 saturated carbocycles. The van der Waals surface area contributed by atoms with Crippen LogP contribution in [0.3, 0.4) is 0 Å². The largest absolute Gasteiger partial charge is 0.497 e. The number of carbonyl (C=O) groups is 2. The van der Waals surface area contributed by atoms with Crippen molar-refractivity contribution in [3.05, 3.63) is 64.2 Å². The van der Waals surface area contributed by atoms with Gasteiger partial charge in [-0.05, 0) is 96.7 Å². The Balaban J connectivity index is 1.27. The van der Waals surface area contributed by atoms with Gasteiger partial charge in [0.2, 0.25) is 5.91 Å². The minimum atomic E-state index is -0.227. The standard InChI is InChI=1S/C29H34ClNO3/c1-29-14-13-24-23-11-9-22(34-2)15-19(23)5-10-25(24)28(29)20(16-26(29)32)6-12-27(33)31-17-18-3-7-21(30)8-4-18/h3-4,7-9,11,15,20,24-25,28H,5-6,10,12-14,16-17H2,1-2H3,(H,31,33). The second-order valence-corrected chi connectivity index (χ2v) is 11.1. The highest BCUT2D eigenvalue weighted by Gasteiger charge is 2.58. The third kappa shape index (κ3) is 4.26. The number of aryl methyl sites for hydroxylation is 1. The fourth-order valence-corrected chi connectivity index (χ4v) is 7.34. The van der Waals surface area contributed by atoms with Gasteiger partial charge in [0.05, 0.1) is 7.11 Å². The molecule has 34 heavy (non-hydrogen) atoms. The average molecular weight is 480 g/mol. The molecule has 5 atom stereocenters. The van der Waals surface area contributed by atoms with Crippen molar-refractivity contribution < 1.29 is 14.3 Å². The molecule has 0 bridgehead atoms.